The van der Waals surface area contributed by atoms with Crippen molar-refractivity contribution in [2.45, 2.75) is 69.6 Å². The van der Waals surface area contributed by atoms with E-state index in [1.165, 1.54) is 19.6 Å². The molecular weight excluding hydrogens is 479 g/mol. The molecule has 4 heterocycles. The first-order valence-corrected chi connectivity index (χ1v) is 12.9. The van der Waals surface area contributed by atoms with Crippen LogP contribution in [0, 0.1) is 5.82 Å². The van der Waals surface area contributed by atoms with Crippen molar-refractivity contribution >= 4 is 12.3 Å². The van der Waals surface area contributed by atoms with E-state index in [4.69, 9.17) is 4.74 Å². The highest BCUT2D eigenvalue weighted by Gasteiger charge is 2.51. The molecule has 1 aliphatic carbocycles. The number of carbonyl (C=O) groups excluding carboxylic acids is 2. The lowest BCUT2D eigenvalue weighted by atomic mass is 9.99. The summed E-state index contributed by atoms with van der Waals surface area (Å²) in [6, 6.07) is 3.34. The zero-order valence-electron chi connectivity index (χ0n) is 21.8. The molecule has 37 heavy (non-hydrogen) atoms. The third-order valence-electron chi connectivity index (χ3n) is 7.23. The minimum Gasteiger partial charge on any atom is -0.481 e. The molecule has 1 spiro atoms. The number of rotatable bonds is 7. The van der Waals surface area contributed by atoms with Crippen LogP contribution >= 0.6 is 0 Å². The number of nitrogens with one attached hydrogen (secondary N) is 2. The molecule has 3 N–H and O–H groups in total. The van der Waals surface area contributed by atoms with E-state index in [1.807, 2.05) is 4.90 Å². The summed E-state index contributed by atoms with van der Waals surface area (Å²) in [5.74, 6) is -0.249. The number of hydrogen-bond donors (Lipinski definition) is 3. The molecular formula is C26H37FN6O4. The average molecular weight is 517 g/mol. The first kappa shape index (κ1) is 27.0. The van der Waals surface area contributed by atoms with Gasteiger partial charge < -0.3 is 20.1 Å². The van der Waals surface area contributed by atoms with E-state index in [9.17, 15) is 19.1 Å². The van der Waals surface area contributed by atoms with Gasteiger partial charge in [0, 0.05) is 49.4 Å². The Morgan fingerprint density at radius 1 is 1.32 bits per heavy atom. The van der Waals surface area contributed by atoms with Gasteiger partial charge in [0.25, 0.3) is 5.91 Å². The summed E-state index contributed by atoms with van der Waals surface area (Å²) < 4.78 is 19.0. The molecule has 0 radical (unpaired) electrons. The standard InChI is InChI=1S/C17H19FN4O2.C9H18N2O2/c1-24-15-8-11(12(18)10-19-15)13-9-14(21-20-13)16(23)22-7-3-2-4-17(22)5-6-17;1-9(2,13)6-11-4-3-8(5-11)10-7-12/h8-10H,2-7H2,1H3,(H,20,21);7-8,13H,3-6H2,1-2H3,(H,10,12). The van der Waals surface area contributed by atoms with Crippen molar-refractivity contribution < 1.29 is 23.8 Å². The van der Waals surface area contributed by atoms with Crippen molar-refractivity contribution in [3.63, 3.8) is 0 Å². The van der Waals surface area contributed by atoms with E-state index < -0.39 is 11.4 Å². The summed E-state index contributed by atoms with van der Waals surface area (Å²) >= 11 is 0. The number of methoxy groups -OCH3 is 1. The number of ether oxygens (including phenoxy) is 1. The van der Waals surface area contributed by atoms with Crippen LogP contribution in [0.4, 0.5) is 4.39 Å². The number of amides is 2. The Bertz CT molecular complexity index is 1100. The van der Waals surface area contributed by atoms with Crippen LogP contribution in [-0.4, -0.2) is 92.9 Å². The number of hydrogen-bond acceptors (Lipinski definition) is 7. The van der Waals surface area contributed by atoms with Gasteiger partial charge in [-0.2, -0.15) is 5.10 Å². The van der Waals surface area contributed by atoms with Crippen LogP contribution in [0.5, 0.6) is 5.88 Å². The number of aromatic amines is 1. The molecule has 2 aromatic heterocycles. The maximum atomic E-state index is 14.0. The fourth-order valence-corrected chi connectivity index (χ4v) is 5.28. The smallest absolute Gasteiger partial charge is 0.272 e. The number of piperidine rings is 1. The Morgan fingerprint density at radius 2 is 2.11 bits per heavy atom. The number of nitrogens with zero attached hydrogens (tertiary/aromatic N) is 4. The van der Waals surface area contributed by atoms with E-state index in [2.05, 4.69) is 25.4 Å². The largest absolute Gasteiger partial charge is 0.481 e. The van der Waals surface area contributed by atoms with Gasteiger partial charge in [-0.15, -0.1) is 0 Å². The quantitative estimate of drug-likeness (QED) is 0.483. The van der Waals surface area contributed by atoms with Crippen LogP contribution in [-0.2, 0) is 4.79 Å². The minimum absolute atomic E-state index is 0.0487. The van der Waals surface area contributed by atoms with E-state index in [0.717, 1.165) is 64.3 Å². The molecule has 1 unspecified atom stereocenters. The number of β-amino-alcohol motifs (C(OH)–C–C–N with tert-alkyl or cyclic N) is 1. The highest BCUT2D eigenvalue weighted by Crippen LogP contribution is 2.48. The molecule has 2 aromatic rings. The average Bonchev–Trinajstić information content (AvgIpc) is 3.25. The Morgan fingerprint density at radius 3 is 2.78 bits per heavy atom. The van der Waals surface area contributed by atoms with Crippen molar-refractivity contribution in [3.05, 3.63) is 29.8 Å². The topological polar surface area (TPSA) is 124 Å². The SMILES string of the molecule is CC(C)(O)CN1CCC(NC=O)C1.COc1cc(-c2cc(C(=O)N3CCCCC34CC4)[nH]n2)c(F)cn1. The third-order valence-corrected chi connectivity index (χ3v) is 7.23. The van der Waals surface area contributed by atoms with Gasteiger partial charge in [-0.3, -0.25) is 19.6 Å². The summed E-state index contributed by atoms with van der Waals surface area (Å²) in [7, 11) is 1.47. The fourth-order valence-electron chi connectivity index (χ4n) is 5.28. The summed E-state index contributed by atoms with van der Waals surface area (Å²) in [6.45, 7) is 6.86. The summed E-state index contributed by atoms with van der Waals surface area (Å²) in [6.07, 6.45) is 8.27. The van der Waals surface area contributed by atoms with Crippen LogP contribution in [0.1, 0.15) is 62.9 Å². The minimum atomic E-state index is -0.643. The molecule has 2 saturated heterocycles. The maximum Gasteiger partial charge on any atom is 0.272 e. The highest BCUT2D eigenvalue weighted by atomic mass is 19.1. The maximum absolute atomic E-state index is 14.0. The Labute approximate surface area is 216 Å². The zero-order valence-corrected chi connectivity index (χ0v) is 21.8. The molecule has 5 rings (SSSR count). The number of likely N-dealkylation sites (tertiary alicyclic amines) is 2. The summed E-state index contributed by atoms with van der Waals surface area (Å²) in [5.41, 5.74) is 0.450. The third kappa shape index (κ3) is 6.64. The van der Waals surface area contributed by atoms with Gasteiger partial charge in [-0.05, 0) is 58.4 Å². The summed E-state index contributed by atoms with van der Waals surface area (Å²) in [4.78, 5) is 31.0. The van der Waals surface area contributed by atoms with Crippen molar-refractivity contribution in [2.24, 2.45) is 0 Å². The molecule has 3 fully saturated rings. The number of H-pyrrole nitrogens is 1. The second kappa shape index (κ2) is 11.1. The van der Waals surface area contributed by atoms with E-state index in [-0.39, 0.29) is 23.1 Å². The Kier molecular flexibility index (Phi) is 8.13. The first-order valence-electron chi connectivity index (χ1n) is 12.9. The van der Waals surface area contributed by atoms with Gasteiger partial charge in [-0.1, -0.05) is 0 Å². The lowest BCUT2D eigenvalue weighted by molar-refractivity contribution is -0.110. The highest BCUT2D eigenvalue weighted by molar-refractivity contribution is 5.94. The number of pyridine rings is 1. The predicted molar refractivity (Wildman–Crippen MR) is 136 cm³/mol. The molecule has 3 aliphatic rings. The molecule has 1 atom stereocenters. The number of aliphatic hydroxyl groups is 1. The van der Waals surface area contributed by atoms with Crippen molar-refractivity contribution in [3.8, 4) is 17.1 Å². The Hall–Kier alpha value is -3.05. The normalized spacial score (nSPS) is 20.8. The monoisotopic (exact) mass is 516 g/mol. The summed E-state index contributed by atoms with van der Waals surface area (Å²) in [5, 5.41) is 19.2. The zero-order chi connectivity index (χ0) is 26.6. The number of carbonyl (C=O) groups is 2. The molecule has 202 valence electrons. The second-order valence-electron chi connectivity index (χ2n) is 10.8. The van der Waals surface area contributed by atoms with Crippen LogP contribution < -0.4 is 10.1 Å². The van der Waals surface area contributed by atoms with Crippen LogP contribution in [0.15, 0.2) is 18.3 Å². The van der Waals surface area contributed by atoms with Gasteiger partial charge in [-0.25, -0.2) is 9.37 Å². The van der Waals surface area contributed by atoms with Crippen molar-refractivity contribution in [2.75, 3.05) is 33.3 Å². The lowest BCUT2D eigenvalue weighted by Gasteiger charge is -2.35. The first-order chi connectivity index (χ1) is 17.6. The van der Waals surface area contributed by atoms with Crippen LogP contribution in [0.3, 0.4) is 0 Å². The molecule has 0 bridgehead atoms. The van der Waals surface area contributed by atoms with E-state index in [0.29, 0.717) is 23.8 Å². The van der Waals surface area contributed by atoms with Gasteiger partial charge in [0.05, 0.1) is 24.6 Å². The lowest BCUT2D eigenvalue weighted by Crippen LogP contribution is -2.45. The van der Waals surface area contributed by atoms with Gasteiger partial charge in [0.15, 0.2) is 5.82 Å². The fraction of sp³-hybridized carbons (Fsp3) is 0.615. The molecule has 2 aliphatic heterocycles. The van der Waals surface area contributed by atoms with Crippen molar-refractivity contribution in [1.82, 2.24) is 30.3 Å². The number of aromatic nitrogens is 3. The molecule has 11 heteroatoms. The van der Waals surface area contributed by atoms with Gasteiger partial charge in [0.2, 0.25) is 12.3 Å². The molecule has 2 amide bonds. The van der Waals surface area contributed by atoms with Crippen LogP contribution in [0.2, 0.25) is 0 Å². The second-order valence-corrected chi connectivity index (χ2v) is 10.8. The Balaban J connectivity index is 0.000000209. The van der Waals surface area contributed by atoms with Gasteiger partial charge in [0.1, 0.15) is 5.69 Å². The molecule has 0 aromatic carbocycles. The van der Waals surface area contributed by atoms with Gasteiger partial charge >= 0.3 is 0 Å². The van der Waals surface area contributed by atoms with Crippen LogP contribution in [0.25, 0.3) is 11.3 Å². The molecule has 1 saturated carbocycles. The predicted octanol–water partition coefficient (Wildman–Crippen LogP) is 2.36. The molecule has 10 nitrogen and oxygen atoms in total. The van der Waals surface area contributed by atoms with Crippen molar-refractivity contribution in [1.29, 1.82) is 0 Å². The van der Waals surface area contributed by atoms with E-state index in [1.54, 1.807) is 19.9 Å². The van der Waals surface area contributed by atoms with E-state index >= 15 is 0 Å². The number of halogens is 1.